The third-order valence-corrected chi connectivity index (χ3v) is 2.36. The summed E-state index contributed by atoms with van der Waals surface area (Å²) in [6.45, 7) is 0. The van der Waals surface area contributed by atoms with E-state index in [0.29, 0.717) is 6.20 Å². The fourth-order valence-electron chi connectivity index (χ4n) is 1.65. The maximum atomic E-state index is 13.3. The Morgan fingerprint density at radius 3 is 2.50 bits per heavy atom. The van der Waals surface area contributed by atoms with Crippen LogP contribution in [0.25, 0.3) is 10.9 Å². The molecule has 0 fully saturated rings. The standard InChI is InChI=1S/C11H5F4NO2/c12-7-3-1-2-5-8(11(13,14)15)6(10(17)18)4-16-9(5)7/h1-4H,(H,17,18). The van der Waals surface area contributed by atoms with Crippen LogP contribution in [0.4, 0.5) is 17.6 Å². The zero-order valence-electron chi connectivity index (χ0n) is 8.62. The van der Waals surface area contributed by atoms with E-state index in [1.807, 2.05) is 0 Å². The van der Waals surface area contributed by atoms with Gasteiger partial charge in [-0.15, -0.1) is 0 Å². The lowest BCUT2D eigenvalue weighted by atomic mass is 10.0. The Balaban J connectivity index is 2.95. The van der Waals surface area contributed by atoms with E-state index in [1.165, 1.54) is 0 Å². The van der Waals surface area contributed by atoms with E-state index in [1.54, 1.807) is 0 Å². The van der Waals surface area contributed by atoms with E-state index in [9.17, 15) is 22.4 Å². The first-order valence-electron chi connectivity index (χ1n) is 4.70. The molecular formula is C11H5F4NO2. The lowest BCUT2D eigenvalue weighted by molar-refractivity contribution is -0.136. The van der Waals surface area contributed by atoms with E-state index in [4.69, 9.17) is 5.11 Å². The van der Waals surface area contributed by atoms with Crippen molar-refractivity contribution in [2.45, 2.75) is 6.18 Å². The first-order chi connectivity index (χ1) is 8.32. The minimum atomic E-state index is -4.90. The van der Waals surface area contributed by atoms with Crippen molar-refractivity contribution in [3.8, 4) is 0 Å². The number of alkyl halides is 3. The number of para-hydroxylation sites is 1. The molecule has 7 heteroatoms. The van der Waals surface area contributed by atoms with Gasteiger partial charge in [-0.3, -0.25) is 4.98 Å². The number of hydrogen-bond donors (Lipinski definition) is 1. The SMILES string of the molecule is O=C(O)c1cnc2c(F)cccc2c1C(F)(F)F. The van der Waals surface area contributed by atoms with Gasteiger partial charge in [0.05, 0.1) is 11.1 Å². The molecule has 1 aromatic carbocycles. The normalized spacial score (nSPS) is 11.8. The van der Waals surface area contributed by atoms with Crippen molar-refractivity contribution in [1.29, 1.82) is 0 Å². The monoisotopic (exact) mass is 259 g/mol. The van der Waals surface area contributed by atoms with Crippen molar-refractivity contribution in [1.82, 2.24) is 4.98 Å². The van der Waals surface area contributed by atoms with Crippen LogP contribution in [0.3, 0.4) is 0 Å². The lowest BCUT2D eigenvalue weighted by Crippen LogP contribution is -2.14. The molecule has 0 bridgehead atoms. The predicted octanol–water partition coefficient (Wildman–Crippen LogP) is 3.09. The highest BCUT2D eigenvalue weighted by Gasteiger charge is 2.38. The number of benzene rings is 1. The third-order valence-electron chi connectivity index (χ3n) is 2.36. The second-order valence-corrected chi connectivity index (χ2v) is 3.49. The molecule has 0 spiro atoms. The van der Waals surface area contributed by atoms with Crippen molar-refractivity contribution in [3.63, 3.8) is 0 Å². The molecule has 1 heterocycles. The molecular weight excluding hydrogens is 254 g/mol. The summed E-state index contributed by atoms with van der Waals surface area (Å²) in [5, 5.41) is 8.16. The van der Waals surface area contributed by atoms with Crippen molar-refractivity contribution in [3.05, 3.63) is 41.3 Å². The lowest BCUT2D eigenvalue weighted by Gasteiger charge is -2.13. The van der Waals surface area contributed by atoms with Crippen LogP contribution in [0.5, 0.6) is 0 Å². The highest BCUT2D eigenvalue weighted by Crippen LogP contribution is 2.37. The van der Waals surface area contributed by atoms with Gasteiger partial charge in [0.25, 0.3) is 0 Å². The van der Waals surface area contributed by atoms with Crippen LogP contribution in [-0.2, 0) is 6.18 Å². The number of carbonyl (C=O) groups is 1. The van der Waals surface area contributed by atoms with Crippen molar-refractivity contribution in [2.75, 3.05) is 0 Å². The molecule has 1 aromatic heterocycles. The third kappa shape index (κ3) is 1.87. The summed E-state index contributed by atoms with van der Waals surface area (Å²) in [6, 6.07) is 3.01. The number of nitrogens with zero attached hydrogens (tertiary/aromatic N) is 1. The van der Waals surface area contributed by atoms with Gasteiger partial charge in [0, 0.05) is 11.6 Å². The Kier molecular flexibility index (Phi) is 2.68. The van der Waals surface area contributed by atoms with Crippen LogP contribution in [0.2, 0.25) is 0 Å². The second kappa shape index (κ2) is 3.94. The van der Waals surface area contributed by atoms with Gasteiger partial charge in [-0.1, -0.05) is 12.1 Å². The molecule has 0 unspecified atom stereocenters. The van der Waals surface area contributed by atoms with Crippen LogP contribution in [0.15, 0.2) is 24.4 Å². The first-order valence-corrected chi connectivity index (χ1v) is 4.70. The van der Waals surface area contributed by atoms with Gasteiger partial charge in [-0.25, -0.2) is 9.18 Å². The molecule has 0 radical (unpaired) electrons. The number of carboxylic acid groups (broad SMARTS) is 1. The number of rotatable bonds is 1. The summed E-state index contributed by atoms with van der Waals surface area (Å²) >= 11 is 0. The molecule has 0 aliphatic carbocycles. The summed E-state index contributed by atoms with van der Waals surface area (Å²) in [7, 11) is 0. The quantitative estimate of drug-likeness (QED) is 0.800. The molecule has 0 aliphatic rings. The molecule has 0 aliphatic heterocycles. The van der Waals surface area contributed by atoms with Gasteiger partial charge in [0.1, 0.15) is 11.3 Å². The maximum absolute atomic E-state index is 13.3. The Morgan fingerprint density at radius 1 is 1.28 bits per heavy atom. The molecule has 1 N–H and O–H groups in total. The Bertz CT molecular complexity index is 637. The largest absolute Gasteiger partial charge is 0.478 e. The molecule has 18 heavy (non-hydrogen) atoms. The van der Waals surface area contributed by atoms with E-state index in [0.717, 1.165) is 18.2 Å². The molecule has 94 valence electrons. The van der Waals surface area contributed by atoms with Crippen molar-refractivity contribution >= 4 is 16.9 Å². The molecule has 3 nitrogen and oxygen atoms in total. The van der Waals surface area contributed by atoms with Gasteiger partial charge in [0.15, 0.2) is 0 Å². The predicted molar refractivity (Wildman–Crippen MR) is 53.7 cm³/mol. The molecule has 0 saturated heterocycles. The first kappa shape index (κ1) is 12.3. The Hall–Kier alpha value is -2.18. The summed E-state index contributed by atoms with van der Waals surface area (Å²) < 4.78 is 51.9. The molecule has 0 atom stereocenters. The van der Waals surface area contributed by atoms with E-state index in [-0.39, 0.29) is 0 Å². The summed E-state index contributed by atoms with van der Waals surface area (Å²) in [5.41, 5.74) is -2.89. The fraction of sp³-hybridized carbons (Fsp3) is 0.0909. The van der Waals surface area contributed by atoms with E-state index < -0.39 is 40.0 Å². The average molecular weight is 259 g/mol. The van der Waals surface area contributed by atoms with Gasteiger partial charge >= 0.3 is 12.1 Å². The molecule has 2 rings (SSSR count). The number of carboxylic acids is 1. The summed E-state index contributed by atoms with van der Waals surface area (Å²) in [4.78, 5) is 14.2. The van der Waals surface area contributed by atoms with Crippen LogP contribution < -0.4 is 0 Å². The summed E-state index contributed by atoms with van der Waals surface area (Å²) in [6.07, 6.45) is -4.39. The topological polar surface area (TPSA) is 50.2 Å². The van der Waals surface area contributed by atoms with Crippen LogP contribution in [0.1, 0.15) is 15.9 Å². The Morgan fingerprint density at radius 2 is 1.94 bits per heavy atom. The molecule has 2 aromatic rings. The number of aromatic nitrogens is 1. The smallest absolute Gasteiger partial charge is 0.417 e. The van der Waals surface area contributed by atoms with Crippen LogP contribution in [0, 0.1) is 5.82 Å². The van der Waals surface area contributed by atoms with Gasteiger partial charge in [-0.2, -0.15) is 13.2 Å². The van der Waals surface area contributed by atoms with Crippen LogP contribution in [-0.4, -0.2) is 16.1 Å². The average Bonchev–Trinajstić information content (AvgIpc) is 2.26. The van der Waals surface area contributed by atoms with E-state index >= 15 is 0 Å². The van der Waals surface area contributed by atoms with E-state index in [2.05, 4.69) is 4.98 Å². The van der Waals surface area contributed by atoms with Gasteiger partial charge in [-0.05, 0) is 6.07 Å². The minimum absolute atomic E-state index is 0.505. The fourth-order valence-corrected chi connectivity index (χ4v) is 1.65. The van der Waals surface area contributed by atoms with Crippen molar-refractivity contribution < 1.29 is 27.5 Å². The maximum Gasteiger partial charge on any atom is 0.417 e. The summed E-state index contributed by atoms with van der Waals surface area (Å²) in [5.74, 6) is -2.70. The number of halogens is 4. The molecule has 0 saturated carbocycles. The number of fused-ring (bicyclic) bond motifs is 1. The van der Waals surface area contributed by atoms with Crippen LogP contribution >= 0.6 is 0 Å². The number of pyridine rings is 1. The molecule has 0 amide bonds. The highest BCUT2D eigenvalue weighted by molar-refractivity contribution is 5.96. The number of aromatic carboxylic acids is 1. The highest BCUT2D eigenvalue weighted by atomic mass is 19.4. The number of hydrogen-bond acceptors (Lipinski definition) is 2. The van der Waals surface area contributed by atoms with Crippen molar-refractivity contribution in [2.24, 2.45) is 0 Å². The zero-order valence-corrected chi connectivity index (χ0v) is 8.62. The zero-order chi connectivity index (χ0) is 13.5. The second-order valence-electron chi connectivity index (χ2n) is 3.49. The van der Waals surface area contributed by atoms with Gasteiger partial charge in [0.2, 0.25) is 0 Å². The Labute approximate surface area is 97.7 Å². The van der Waals surface area contributed by atoms with Gasteiger partial charge < -0.3 is 5.11 Å². The minimum Gasteiger partial charge on any atom is -0.478 e.